The molecule has 1 aromatic heterocycles. The van der Waals surface area contributed by atoms with Crippen molar-refractivity contribution in [2.75, 3.05) is 0 Å². The quantitative estimate of drug-likeness (QED) is 0.435. The second-order valence-corrected chi connectivity index (χ2v) is 7.83. The number of hydrogen-bond donors (Lipinski definition) is 4. The molecule has 0 saturated carbocycles. The van der Waals surface area contributed by atoms with Crippen LogP contribution in [-0.2, 0) is 16.1 Å². The molecule has 0 spiro atoms. The molecule has 2 amide bonds. The van der Waals surface area contributed by atoms with Gasteiger partial charge in [-0.25, -0.2) is 0 Å². The number of aromatic nitrogens is 1. The third kappa shape index (κ3) is 8.05. The van der Waals surface area contributed by atoms with E-state index in [9.17, 15) is 9.59 Å². The van der Waals surface area contributed by atoms with E-state index in [-0.39, 0.29) is 18.4 Å². The third-order valence-electron chi connectivity index (χ3n) is 4.78. The molecule has 152 valence electrons. The second-order valence-electron chi connectivity index (χ2n) is 7.83. The number of rotatable bonds is 11. The van der Waals surface area contributed by atoms with Gasteiger partial charge in [-0.05, 0) is 38.3 Å². The van der Waals surface area contributed by atoms with Crippen molar-refractivity contribution in [1.82, 2.24) is 15.6 Å². The van der Waals surface area contributed by atoms with Crippen LogP contribution in [-0.4, -0.2) is 34.4 Å². The van der Waals surface area contributed by atoms with Gasteiger partial charge in [0.15, 0.2) is 0 Å². The van der Waals surface area contributed by atoms with E-state index >= 15 is 0 Å². The molecule has 0 unspecified atom stereocenters. The van der Waals surface area contributed by atoms with Gasteiger partial charge in [0.1, 0.15) is 6.04 Å². The summed E-state index contributed by atoms with van der Waals surface area (Å²) in [4.78, 5) is 29.3. The van der Waals surface area contributed by atoms with E-state index in [1.165, 1.54) is 0 Å². The number of nitrogens with one attached hydrogen (secondary N) is 2. The molecule has 0 aliphatic carbocycles. The molecular formula is C20H35N5O2. The van der Waals surface area contributed by atoms with E-state index in [0.717, 1.165) is 25.0 Å². The molecular weight excluding hydrogens is 342 g/mol. The van der Waals surface area contributed by atoms with Gasteiger partial charge in [0, 0.05) is 18.7 Å². The van der Waals surface area contributed by atoms with Gasteiger partial charge in [0.2, 0.25) is 11.8 Å². The highest BCUT2D eigenvalue weighted by molar-refractivity contribution is 5.89. The highest BCUT2D eigenvalue weighted by Gasteiger charge is 2.39. The van der Waals surface area contributed by atoms with Crippen LogP contribution in [0.1, 0.15) is 59.1 Å². The van der Waals surface area contributed by atoms with Gasteiger partial charge in [-0.2, -0.15) is 0 Å². The summed E-state index contributed by atoms with van der Waals surface area (Å²) in [6.45, 7) is 7.99. The lowest BCUT2D eigenvalue weighted by Gasteiger charge is -2.36. The van der Waals surface area contributed by atoms with Crippen LogP contribution in [0.5, 0.6) is 0 Å². The van der Waals surface area contributed by atoms with Crippen LogP contribution in [0.3, 0.4) is 0 Å². The van der Waals surface area contributed by atoms with Crippen LogP contribution >= 0.6 is 0 Å². The Labute approximate surface area is 162 Å². The first-order chi connectivity index (χ1) is 12.6. The number of unbranched alkanes of at least 4 members (excludes halogenated alkanes) is 1. The molecule has 0 aromatic carbocycles. The molecule has 1 rings (SSSR count). The molecule has 0 bridgehead atoms. The number of pyridine rings is 1. The maximum absolute atomic E-state index is 12.7. The first-order valence-corrected chi connectivity index (χ1v) is 9.66. The van der Waals surface area contributed by atoms with Gasteiger partial charge in [-0.15, -0.1) is 0 Å². The second kappa shape index (κ2) is 11.0. The summed E-state index contributed by atoms with van der Waals surface area (Å²) >= 11 is 0. The average Bonchev–Trinajstić information content (AvgIpc) is 2.61. The van der Waals surface area contributed by atoms with E-state index in [0.29, 0.717) is 12.3 Å². The smallest absolute Gasteiger partial charge is 0.244 e. The third-order valence-corrected chi connectivity index (χ3v) is 4.78. The lowest BCUT2D eigenvalue weighted by atomic mass is 9.86. The Hall–Kier alpha value is -1.99. The highest BCUT2D eigenvalue weighted by atomic mass is 16.2. The molecule has 0 fully saturated rings. The Balaban J connectivity index is 2.69. The summed E-state index contributed by atoms with van der Waals surface area (Å²) in [6.07, 6.45) is 4.87. The van der Waals surface area contributed by atoms with Crippen molar-refractivity contribution in [2.45, 2.75) is 77.5 Å². The fraction of sp³-hybridized carbons (Fsp3) is 0.650. The number of nitrogens with two attached hydrogens (primary N) is 2. The summed E-state index contributed by atoms with van der Waals surface area (Å²) < 4.78 is 0. The zero-order valence-electron chi connectivity index (χ0n) is 17.0. The van der Waals surface area contributed by atoms with Crippen molar-refractivity contribution in [3.63, 3.8) is 0 Å². The zero-order valence-corrected chi connectivity index (χ0v) is 17.0. The van der Waals surface area contributed by atoms with E-state index in [2.05, 4.69) is 29.5 Å². The molecule has 27 heavy (non-hydrogen) atoms. The molecule has 1 aromatic rings. The molecule has 7 heteroatoms. The van der Waals surface area contributed by atoms with E-state index in [4.69, 9.17) is 11.5 Å². The Morgan fingerprint density at radius 2 is 1.93 bits per heavy atom. The number of nitrogens with zero attached hydrogens (tertiary/aromatic N) is 1. The average molecular weight is 378 g/mol. The molecule has 0 aliphatic rings. The fourth-order valence-corrected chi connectivity index (χ4v) is 2.62. The molecule has 3 atom stereocenters. The van der Waals surface area contributed by atoms with Gasteiger partial charge in [0.25, 0.3) is 0 Å². The van der Waals surface area contributed by atoms with Gasteiger partial charge in [-0.1, -0.05) is 32.8 Å². The Bertz CT molecular complexity index is 587. The molecule has 0 aliphatic heterocycles. The van der Waals surface area contributed by atoms with Crippen molar-refractivity contribution in [2.24, 2.45) is 17.4 Å². The summed E-state index contributed by atoms with van der Waals surface area (Å²) in [5.74, 6) is 0.0659. The minimum atomic E-state index is -1.08. The van der Waals surface area contributed by atoms with Crippen molar-refractivity contribution >= 4 is 11.8 Å². The van der Waals surface area contributed by atoms with Crippen molar-refractivity contribution < 1.29 is 9.59 Å². The normalized spacial score (nSPS) is 15.7. The first kappa shape index (κ1) is 23.0. The maximum atomic E-state index is 12.7. The number of carbonyl (C=O) groups excluding carboxylic acids is 2. The number of carbonyl (C=O) groups is 2. The van der Waals surface area contributed by atoms with Gasteiger partial charge < -0.3 is 22.1 Å². The van der Waals surface area contributed by atoms with Crippen LogP contribution in [0.15, 0.2) is 24.4 Å². The van der Waals surface area contributed by atoms with Crippen molar-refractivity contribution in [3.05, 3.63) is 30.1 Å². The monoisotopic (exact) mass is 377 g/mol. The summed E-state index contributed by atoms with van der Waals surface area (Å²) in [5.41, 5.74) is 11.9. The minimum Gasteiger partial charge on any atom is -0.349 e. The van der Waals surface area contributed by atoms with Crippen molar-refractivity contribution in [3.8, 4) is 0 Å². The summed E-state index contributed by atoms with van der Waals surface area (Å²) in [7, 11) is 0. The van der Waals surface area contributed by atoms with Crippen LogP contribution < -0.4 is 22.1 Å². The van der Waals surface area contributed by atoms with E-state index in [1.54, 1.807) is 26.1 Å². The van der Waals surface area contributed by atoms with Gasteiger partial charge in [-0.3, -0.25) is 14.6 Å². The summed E-state index contributed by atoms with van der Waals surface area (Å²) in [5, 5.41) is 5.58. The van der Waals surface area contributed by atoms with Crippen molar-refractivity contribution in [1.29, 1.82) is 0 Å². The first-order valence-electron chi connectivity index (χ1n) is 9.66. The lowest BCUT2D eigenvalue weighted by Crippen LogP contribution is -2.69. The Morgan fingerprint density at radius 1 is 1.22 bits per heavy atom. The maximum Gasteiger partial charge on any atom is 0.244 e. The predicted molar refractivity (Wildman–Crippen MR) is 108 cm³/mol. The molecule has 6 N–H and O–H groups in total. The molecule has 0 saturated heterocycles. The van der Waals surface area contributed by atoms with Crippen LogP contribution in [0.2, 0.25) is 0 Å². The van der Waals surface area contributed by atoms with E-state index in [1.807, 2.05) is 12.1 Å². The number of amides is 2. The highest BCUT2D eigenvalue weighted by Crippen LogP contribution is 2.13. The molecule has 1 heterocycles. The van der Waals surface area contributed by atoms with Crippen LogP contribution in [0.4, 0.5) is 0 Å². The fourth-order valence-electron chi connectivity index (χ4n) is 2.62. The van der Waals surface area contributed by atoms with E-state index < -0.39 is 17.6 Å². The minimum absolute atomic E-state index is 0.186. The topological polar surface area (TPSA) is 123 Å². The largest absolute Gasteiger partial charge is 0.349 e. The molecule has 7 nitrogen and oxygen atoms in total. The van der Waals surface area contributed by atoms with Crippen LogP contribution in [0.25, 0.3) is 0 Å². The van der Waals surface area contributed by atoms with Crippen LogP contribution in [0, 0.1) is 5.92 Å². The van der Waals surface area contributed by atoms with Gasteiger partial charge in [0.05, 0.1) is 17.8 Å². The number of hydrogen-bond acceptors (Lipinski definition) is 5. The Kier molecular flexibility index (Phi) is 9.38. The predicted octanol–water partition coefficient (Wildman–Crippen LogP) is 1.46. The Morgan fingerprint density at radius 3 is 2.48 bits per heavy atom. The molecule has 0 radical (unpaired) electrons. The van der Waals surface area contributed by atoms with Gasteiger partial charge >= 0.3 is 0 Å². The summed E-state index contributed by atoms with van der Waals surface area (Å²) in [6, 6.07) is 4.07. The SMILES string of the molecule is CC(C)CCCCC(=O)N[C@H](C(=O)NCc1ccccn1)[C@@](C)(N)[C@H](C)N. The zero-order chi connectivity index (χ0) is 20.4. The standard InChI is InChI=1S/C20H35N5O2/c1-14(2)9-5-6-11-17(26)25-18(20(4,22)15(3)21)19(27)24-13-16-10-7-8-12-23-16/h7-8,10,12,14-15,18H,5-6,9,11,13,21-22H2,1-4H3,(H,24,27)(H,25,26)/t15-,18+,20-/m0/s1. The lowest BCUT2D eigenvalue weighted by molar-refractivity contribution is -0.131.